The molecule has 0 aliphatic carbocycles. The van der Waals surface area contributed by atoms with E-state index in [1.54, 1.807) is 0 Å². The maximum absolute atomic E-state index is 12.4. The standard InChI is InChI=1S/C10H7F3O2/c1-2-6-3-4-7(9(14)15)5-8(6)10(11,12)13/h2-5H,1H2,(H,14,15). The van der Waals surface area contributed by atoms with E-state index in [0.717, 1.165) is 18.2 Å². The maximum atomic E-state index is 12.4. The van der Waals surface area contributed by atoms with Gasteiger partial charge in [0, 0.05) is 0 Å². The van der Waals surface area contributed by atoms with Gasteiger partial charge in [0.25, 0.3) is 0 Å². The van der Waals surface area contributed by atoms with E-state index in [1.807, 2.05) is 0 Å². The minimum Gasteiger partial charge on any atom is -0.478 e. The Morgan fingerprint density at radius 2 is 2.00 bits per heavy atom. The van der Waals surface area contributed by atoms with Crippen molar-refractivity contribution in [3.05, 3.63) is 41.5 Å². The average Bonchev–Trinajstić information content (AvgIpc) is 2.15. The third kappa shape index (κ3) is 2.37. The van der Waals surface area contributed by atoms with Crippen LogP contribution in [-0.2, 0) is 6.18 Å². The van der Waals surface area contributed by atoms with Crippen molar-refractivity contribution in [2.75, 3.05) is 0 Å². The van der Waals surface area contributed by atoms with Crippen molar-refractivity contribution in [3.8, 4) is 0 Å². The fourth-order valence-electron chi connectivity index (χ4n) is 1.11. The monoisotopic (exact) mass is 216 g/mol. The lowest BCUT2D eigenvalue weighted by Gasteiger charge is -2.10. The zero-order valence-electron chi connectivity index (χ0n) is 7.51. The summed E-state index contributed by atoms with van der Waals surface area (Å²) in [4.78, 5) is 10.5. The van der Waals surface area contributed by atoms with Crippen LogP contribution in [0.1, 0.15) is 21.5 Å². The van der Waals surface area contributed by atoms with Gasteiger partial charge in [0.2, 0.25) is 0 Å². The van der Waals surface area contributed by atoms with Gasteiger partial charge in [-0.1, -0.05) is 18.7 Å². The van der Waals surface area contributed by atoms with Crippen LogP contribution in [0.25, 0.3) is 6.08 Å². The molecule has 0 amide bonds. The van der Waals surface area contributed by atoms with Crippen molar-refractivity contribution < 1.29 is 23.1 Å². The lowest BCUT2D eigenvalue weighted by molar-refractivity contribution is -0.137. The molecule has 0 saturated heterocycles. The number of carboxylic acid groups (broad SMARTS) is 1. The van der Waals surface area contributed by atoms with Crippen LogP contribution in [0.5, 0.6) is 0 Å². The summed E-state index contributed by atoms with van der Waals surface area (Å²) in [7, 11) is 0. The molecule has 0 heterocycles. The van der Waals surface area contributed by atoms with E-state index < -0.39 is 23.3 Å². The largest absolute Gasteiger partial charge is 0.478 e. The first kappa shape index (κ1) is 11.3. The number of hydrogen-bond donors (Lipinski definition) is 1. The van der Waals surface area contributed by atoms with Crippen LogP contribution in [0.3, 0.4) is 0 Å². The van der Waals surface area contributed by atoms with Crippen molar-refractivity contribution in [2.45, 2.75) is 6.18 Å². The van der Waals surface area contributed by atoms with Gasteiger partial charge in [-0.15, -0.1) is 0 Å². The Hall–Kier alpha value is -1.78. The van der Waals surface area contributed by atoms with Crippen LogP contribution in [0, 0.1) is 0 Å². The normalized spacial score (nSPS) is 11.1. The molecule has 15 heavy (non-hydrogen) atoms. The number of rotatable bonds is 2. The van der Waals surface area contributed by atoms with Crippen LogP contribution in [0.4, 0.5) is 13.2 Å². The zero-order valence-corrected chi connectivity index (χ0v) is 7.51. The molecule has 0 atom stereocenters. The number of aromatic carboxylic acids is 1. The van der Waals surface area contributed by atoms with E-state index in [-0.39, 0.29) is 5.56 Å². The van der Waals surface area contributed by atoms with Gasteiger partial charge in [-0.05, 0) is 17.7 Å². The van der Waals surface area contributed by atoms with Gasteiger partial charge in [-0.25, -0.2) is 4.79 Å². The molecule has 0 unspecified atom stereocenters. The second-order valence-corrected chi connectivity index (χ2v) is 2.81. The van der Waals surface area contributed by atoms with Crippen LogP contribution in [-0.4, -0.2) is 11.1 Å². The summed E-state index contributed by atoms with van der Waals surface area (Å²) in [6, 6.07) is 2.78. The first-order chi connectivity index (χ1) is 6.86. The molecule has 0 saturated carbocycles. The van der Waals surface area contributed by atoms with E-state index in [4.69, 9.17) is 5.11 Å². The summed E-state index contributed by atoms with van der Waals surface area (Å²) in [5.41, 5.74) is -1.52. The Labute approximate surface area is 83.7 Å². The Kier molecular flexibility index (Phi) is 2.83. The predicted octanol–water partition coefficient (Wildman–Crippen LogP) is 3.05. The predicted molar refractivity (Wildman–Crippen MR) is 48.5 cm³/mol. The minimum absolute atomic E-state index is 0.132. The van der Waals surface area contributed by atoms with Gasteiger partial charge < -0.3 is 5.11 Å². The van der Waals surface area contributed by atoms with Crippen LogP contribution in [0.2, 0.25) is 0 Å². The minimum atomic E-state index is -4.57. The van der Waals surface area contributed by atoms with E-state index in [2.05, 4.69) is 6.58 Å². The molecule has 0 aromatic heterocycles. The number of alkyl halides is 3. The quantitative estimate of drug-likeness (QED) is 0.824. The Morgan fingerprint density at radius 1 is 1.40 bits per heavy atom. The van der Waals surface area contributed by atoms with E-state index >= 15 is 0 Å². The molecular formula is C10H7F3O2. The third-order valence-corrected chi connectivity index (χ3v) is 1.83. The van der Waals surface area contributed by atoms with Crippen molar-refractivity contribution in [2.24, 2.45) is 0 Å². The van der Waals surface area contributed by atoms with Crippen molar-refractivity contribution in [3.63, 3.8) is 0 Å². The highest BCUT2D eigenvalue weighted by Gasteiger charge is 2.33. The molecule has 1 aromatic rings. The van der Waals surface area contributed by atoms with E-state index in [1.165, 1.54) is 0 Å². The Balaban J connectivity index is 3.38. The van der Waals surface area contributed by atoms with Crippen molar-refractivity contribution >= 4 is 12.0 Å². The Bertz CT molecular complexity index is 408. The van der Waals surface area contributed by atoms with Gasteiger partial charge in [-0.2, -0.15) is 13.2 Å². The summed E-state index contributed by atoms with van der Waals surface area (Å²) in [5.74, 6) is -1.39. The number of benzene rings is 1. The summed E-state index contributed by atoms with van der Waals surface area (Å²) in [5, 5.41) is 8.55. The number of carbonyl (C=O) groups is 1. The smallest absolute Gasteiger partial charge is 0.417 e. The van der Waals surface area contributed by atoms with Gasteiger partial charge >= 0.3 is 12.1 Å². The van der Waals surface area contributed by atoms with E-state index in [9.17, 15) is 18.0 Å². The van der Waals surface area contributed by atoms with Gasteiger partial charge in [0.05, 0.1) is 11.1 Å². The molecule has 2 nitrogen and oxygen atoms in total. The Morgan fingerprint density at radius 3 is 2.40 bits per heavy atom. The topological polar surface area (TPSA) is 37.3 Å². The average molecular weight is 216 g/mol. The second-order valence-electron chi connectivity index (χ2n) is 2.81. The molecule has 0 fully saturated rings. The number of halogens is 3. The second kappa shape index (κ2) is 3.76. The van der Waals surface area contributed by atoms with Crippen molar-refractivity contribution in [1.82, 2.24) is 0 Å². The lowest BCUT2D eigenvalue weighted by atomic mass is 10.0. The molecular weight excluding hydrogens is 209 g/mol. The summed E-state index contributed by atoms with van der Waals surface area (Å²) < 4.78 is 37.3. The van der Waals surface area contributed by atoms with Gasteiger partial charge in [0.1, 0.15) is 0 Å². The molecule has 5 heteroatoms. The van der Waals surface area contributed by atoms with Crippen LogP contribution in [0.15, 0.2) is 24.8 Å². The molecule has 0 spiro atoms. The number of hydrogen-bond acceptors (Lipinski definition) is 1. The summed E-state index contributed by atoms with van der Waals surface area (Å²) in [6.07, 6.45) is -3.54. The molecule has 1 N–H and O–H groups in total. The molecule has 80 valence electrons. The SMILES string of the molecule is C=Cc1ccc(C(=O)O)cc1C(F)(F)F. The highest BCUT2D eigenvalue weighted by molar-refractivity contribution is 5.88. The molecule has 0 radical (unpaired) electrons. The van der Waals surface area contributed by atoms with Crippen LogP contribution >= 0.6 is 0 Å². The molecule has 1 aromatic carbocycles. The first-order valence-electron chi connectivity index (χ1n) is 3.93. The fraction of sp³-hybridized carbons (Fsp3) is 0.100. The zero-order chi connectivity index (χ0) is 11.6. The summed E-state index contributed by atoms with van der Waals surface area (Å²) >= 11 is 0. The van der Waals surface area contributed by atoms with Crippen LogP contribution < -0.4 is 0 Å². The molecule has 1 rings (SSSR count). The molecule has 0 aliphatic rings. The lowest BCUT2D eigenvalue weighted by Crippen LogP contribution is -2.09. The fourth-order valence-corrected chi connectivity index (χ4v) is 1.11. The third-order valence-electron chi connectivity index (χ3n) is 1.83. The summed E-state index contributed by atoms with van der Waals surface area (Å²) in [6.45, 7) is 3.23. The molecule has 0 aliphatic heterocycles. The van der Waals surface area contributed by atoms with E-state index in [0.29, 0.717) is 6.07 Å². The highest BCUT2D eigenvalue weighted by atomic mass is 19.4. The van der Waals surface area contributed by atoms with Gasteiger partial charge in [0.15, 0.2) is 0 Å². The number of carboxylic acids is 1. The van der Waals surface area contributed by atoms with Crippen molar-refractivity contribution in [1.29, 1.82) is 0 Å². The maximum Gasteiger partial charge on any atom is 0.417 e. The van der Waals surface area contributed by atoms with Gasteiger partial charge in [-0.3, -0.25) is 0 Å². The molecule has 0 bridgehead atoms. The highest BCUT2D eigenvalue weighted by Crippen LogP contribution is 2.33. The first-order valence-corrected chi connectivity index (χ1v) is 3.93.